The SMILES string of the molecule is CSC[C@]12CC[C@H]3[C@@H](CCC4=CC(=O)C=C[C@@]43C)[C@@H]1CC(=O)C2. The van der Waals surface area contributed by atoms with Gasteiger partial charge in [-0.15, -0.1) is 0 Å². The molecule has 4 aliphatic rings. The van der Waals surface area contributed by atoms with E-state index in [0.29, 0.717) is 23.5 Å². The monoisotopic (exact) mass is 330 g/mol. The van der Waals surface area contributed by atoms with E-state index in [4.69, 9.17) is 0 Å². The van der Waals surface area contributed by atoms with Crippen LogP contribution in [0.5, 0.6) is 0 Å². The lowest BCUT2D eigenvalue weighted by Gasteiger charge is -2.56. The van der Waals surface area contributed by atoms with E-state index in [2.05, 4.69) is 19.3 Å². The molecular weight excluding hydrogens is 304 g/mol. The van der Waals surface area contributed by atoms with Crippen molar-refractivity contribution in [1.82, 2.24) is 0 Å². The van der Waals surface area contributed by atoms with Gasteiger partial charge in [-0.05, 0) is 73.0 Å². The molecule has 124 valence electrons. The number of ketones is 2. The number of rotatable bonds is 2. The zero-order valence-electron chi connectivity index (χ0n) is 14.1. The molecule has 0 aromatic rings. The molecule has 23 heavy (non-hydrogen) atoms. The van der Waals surface area contributed by atoms with Gasteiger partial charge in [0.2, 0.25) is 0 Å². The Labute approximate surface area is 143 Å². The van der Waals surface area contributed by atoms with Crippen molar-refractivity contribution in [2.24, 2.45) is 28.6 Å². The average molecular weight is 330 g/mol. The molecule has 3 heteroatoms. The first-order valence-electron chi connectivity index (χ1n) is 8.93. The molecule has 0 radical (unpaired) electrons. The second kappa shape index (κ2) is 5.34. The molecule has 3 fully saturated rings. The summed E-state index contributed by atoms with van der Waals surface area (Å²) < 4.78 is 0. The van der Waals surface area contributed by atoms with Crippen molar-refractivity contribution >= 4 is 23.3 Å². The van der Waals surface area contributed by atoms with E-state index in [1.165, 1.54) is 24.8 Å². The third-order valence-electron chi connectivity index (χ3n) is 7.32. The maximum absolute atomic E-state index is 12.3. The third kappa shape index (κ3) is 2.22. The van der Waals surface area contributed by atoms with E-state index in [1.807, 2.05) is 17.8 Å². The number of hydrogen-bond donors (Lipinski definition) is 0. The Morgan fingerprint density at radius 3 is 2.87 bits per heavy atom. The number of hydrogen-bond acceptors (Lipinski definition) is 3. The normalized spacial score (nSPS) is 45.3. The second-order valence-electron chi connectivity index (χ2n) is 8.36. The van der Waals surface area contributed by atoms with E-state index in [0.717, 1.165) is 25.0 Å². The maximum atomic E-state index is 12.3. The molecule has 0 N–H and O–H groups in total. The van der Waals surface area contributed by atoms with Crippen LogP contribution >= 0.6 is 11.8 Å². The van der Waals surface area contributed by atoms with Crippen molar-refractivity contribution in [2.45, 2.75) is 45.4 Å². The van der Waals surface area contributed by atoms with Crippen molar-refractivity contribution in [3.8, 4) is 0 Å². The number of carbonyl (C=O) groups excluding carboxylic acids is 2. The van der Waals surface area contributed by atoms with Gasteiger partial charge < -0.3 is 0 Å². The Morgan fingerprint density at radius 1 is 1.26 bits per heavy atom. The van der Waals surface area contributed by atoms with Gasteiger partial charge in [0.15, 0.2) is 5.78 Å². The van der Waals surface area contributed by atoms with Gasteiger partial charge in [-0.2, -0.15) is 11.8 Å². The van der Waals surface area contributed by atoms with E-state index in [-0.39, 0.29) is 16.6 Å². The quantitative estimate of drug-likeness (QED) is 0.761. The fourth-order valence-corrected chi connectivity index (χ4v) is 7.34. The minimum Gasteiger partial charge on any atom is -0.300 e. The molecule has 0 aromatic carbocycles. The number of thioether (sulfide) groups is 1. The van der Waals surface area contributed by atoms with Crippen LogP contribution in [0.2, 0.25) is 0 Å². The summed E-state index contributed by atoms with van der Waals surface area (Å²) in [4.78, 5) is 24.1. The minimum absolute atomic E-state index is 0.0496. The van der Waals surface area contributed by atoms with Crippen LogP contribution in [-0.4, -0.2) is 23.6 Å². The molecule has 4 aliphatic carbocycles. The van der Waals surface area contributed by atoms with Crippen molar-refractivity contribution in [1.29, 1.82) is 0 Å². The van der Waals surface area contributed by atoms with Gasteiger partial charge in [-0.1, -0.05) is 18.6 Å². The minimum atomic E-state index is 0.0496. The lowest BCUT2D eigenvalue weighted by Crippen LogP contribution is -2.49. The Balaban J connectivity index is 1.69. The van der Waals surface area contributed by atoms with Crippen LogP contribution < -0.4 is 0 Å². The molecule has 0 unspecified atom stereocenters. The summed E-state index contributed by atoms with van der Waals surface area (Å²) in [6.07, 6.45) is 14.2. The Morgan fingerprint density at radius 2 is 2.09 bits per heavy atom. The highest BCUT2D eigenvalue weighted by atomic mass is 32.2. The molecule has 0 aromatic heterocycles. The highest BCUT2D eigenvalue weighted by Crippen LogP contribution is 2.64. The third-order valence-corrected chi connectivity index (χ3v) is 8.19. The molecule has 2 nitrogen and oxygen atoms in total. The number of Topliss-reactive ketones (excluding diaryl/α,β-unsaturated/α-hetero) is 1. The van der Waals surface area contributed by atoms with Crippen LogP contribution in [-0.2, 0) is 9.59 Å². The van der Waals surface area contributed by atoms with Crippen molar-refractivity contribution in [3.05, 3.63) is 23.8 Å². The predicted octanol–water partition coefficient (Wildman–Crippen LogP) is 4.21. The highest BCUT2D eigenvalue weighted by Gasteiger charge is 2.58. The molecular formula is C20H26O2S. The van der Waals surface area contributed by atoms with Crippen molar-refractivity contribution in [3.63, 3.8) is 0 Å². The van der Waals surface area contributed by atoms with E-state index >= 15 is 0 Å². The molecule has 0 amide bonds. The number of allylic oxidation sites excluding steroid dienone is 4. The summed E-state index contributed by atoms with van der Waals surface area (Å²) in [6, 6.07) is 0. The summed E-state index contributed by atoms with van der Waals surface area (Å²) in [5.74, 6) is 3.62. The topological polar surface area (TPSA) is 34.1 Å². The lowest BCUT2D eigenvalue weighted by atomic mass is 9.48. The van der Waals surface area contributed by atoms with Crippen LogP contribution in [0.15, 0.2) is 23.8 Å². The van der Waals surface area contributed by atoms with Crippen LogP contribution in [0, 0.1) is 28.6 Å². The van der Waals surface area contributed by atoms with Gasteiger partial charge in [0.05, 0.1) is 0 Å². The summed E-state index contributed by atoms with van der Waals surface area (Å²) >= 11 is 1.92. The van der Waals surface area contributed by atoms with Gasteiger partial charge in [0, 0.05) is 18.3 Å². The van der Waals surface area contributed by atoms with E-state index in [1.54, 1.807) is 6.08 Å². The Kier molecular flexibility index (Phi) is 3.64. The van der Waals surface area contributed by atoms with Crippen LogP contribution in [0.1, 0.15) is 45.4 Å². The van der Waals surface area contributed by atoms with Crippen LogP contribution in [0.3, 0.4) is 0 Å². The van der Waals surface area contributed by atoms with Gasteiger partial charge >= 0.3 is 0 Å². The summed E-state index contributed by atoms with van der Waals surface area (Å²) in [6.45, 7) is 2.33. The maximum Gasteiger partial charge on any atom is 0.178 e. The molecule has 0 heterocycles. The molecule has 5 atom stereocenters. The van der Waals surface area contributed by atoms with Gasteiger partial charge in [-0.3, -0.25) is 9.59 Å². The second-order valence-corrected chi connectivity index (χ2v) is 9.22. The Hall–Kier alpha value is -0.830. The average Bonchev–Trinajstić information content (AvgIpc) is 2.84. The number of carbonyl (C=O) groups is 2. The zero-order chi connectivity index (χ0) is 16.2. The first-order chi connectivity index (χ1) is 11.0. The highest BCUT2D eigenvalue weighted by molar-refractivity contribution is 7.98. The van der Waals surface area contributed by atoms with Gasteiger partial charge in [-0.25, -0.2) is 0 Å². The molecule has 0 spiro atoms. The molecule has 0 aliphatic heterocycles. The lowest BCUT2D eigenvalue weighted by molar-refractivity contribution is -0.118. The summed E-state index contributed by atoms with van der Waals surface area (Å²) in [5, 5.41) is 0. The van der Waals surface area contributed by atoms with Crippen LogP contribution in [0.4, 0.5) is 0 Å². The first kappa shape index (κ1) is 15.7. The van der Waals surface area contributed by atoms with Crippen molar-refractivity contribution < 1.29 is 9.59 Å². The van der Waals surface area contributed by atoms with E-state index < -0.39 is 0 Å². The van der Waals surface area contributed by atoms with Gasteiger partial charge in [0.1, 0.15) is 5.78 Å². The molecule has 0 saturated heterocycles. The van der Waals surface area contributed by atoms with E-state index in [9.17, 15) is 9.59 Å². The fourth-order valence-electron chi connectivity index (χ4n) is 6.30. The summed E-state index contributed by atoms with van der Waals surface area (Å²) in [5.41, 5.74) is 1.66. The van der Waals surface area contributed by atoms with Crippen molar-refractivity contribution in [2.75, 3.05) is 12.0 Å². The van der Waals surface area contributed by atoms with Gasteiger partial charge in [0.25, 0.3) is 0 Å². The predicted molar refractivity (Wildman–Crippen MR) is 94.3 cm³/mol. The van der Waals surface area contributed by atoms with Crippen LogP contribution in [0.25, 0.3) is 0 Å². The smallest absolute Gasteiger partial charge is 0.178 e. The molecule has 3 saturated carbocycles. The standard InChI is InChI=1S/C20H26O2S/c1-19-7-5-14(21)9-13(19)3-4-16-17(19)6-8-20(12-23-2)11-15(22)10-18(16)20/h5,7,9,16-18H,3-4,6,8,10-12H2,1-2H3/t16-,17+,18+,19+,20-/m1/s1. The fraction of sp³-hybridized carbons (Fsp3) is 0.700. The largest absolute Gasteiger partial charge is 0.300 e. The Bertz CT molecular complexity index is 619. The zero-order valence-corrected chi connectivity index (χ0v) is 15.0. The molecule has 4 rings (SSSR count). The number of fused-ring (bicyclic) bond motifs is 5. The summed E-state index contributed by atoms with van der Waals surface area (Å²) in [7, 11) is 0. The molecule has 0 bridgehead atoms. The first-order valence-corrected chi connectivity index (χ1v) is 10.3.